The van der Waals surface area contributed by atoms with Crippen molar-refractivity contribution in [2.75, 3.05) is 5.32 Å². The van der Waals surface area contributed by atoms with Crippen molar-refractivity contribution in [3.05, 3.63) is 35.9 Å². The van der Waals surface area contributed by atoms with Crippen molar-refractivity contribution in [1.29, 1.82) is 0 Å². The van der Waals surface area contributed by atoms with Crippen molar-refractivity contribution in [2.24, 2.45) is 0 Å². The van der Waals surface area contributed by atoms with Gasteiger partial charge in [-0.3, -0.25) is 5.10 Å². The van der Waals surface area contributed by atoms with Gasteiger partial charge in [0.2, 0.25) is 0 Å². The van der Waals surface area contributed by atoms with Gasteiger partial charge in [-0.25, -0.2) is 19.1 Å². The average Bonchev–Trinajstić information content (AvgIpc) is 3.17. The van der Waals surface area contributed by atoms with E-state index < -0.39 is 5.97 Å². The number of anilines is 2. The van der Waals surface area contributed by atoms with E-state index in [9.17, 15) is 9.59 Å². The Hall–Kier alpha value is -3.63. The lowest BCUT2D eigenvalue weighted by Crippen LogP contribution is -2.36. The van der Waals surface area contributed by atoms with Crippen molar-refractivity contribution in [2.45, 2.75) is 56.6 Å². The normalized spacial score (nSPS) is 21.7. The molecule has 0 aliphatic heterocycles. The third-order valence-corrected chi connectivity index (χ3v) is 5.95. The van der Waals surface area contributed by atoms with Crippen molar-refractivity contribution in [3.63, 3.8) is 0 Å². The number of fused-ring (bicyclic) bond motifs is 1. The maximum absolute atomic E-state index is 12.0. The van der Waals surface area contributed by atoms with E-state index in [4.69, 9.17) is 9.84 Å². The molecule has 3 heterocycles. The highest BCUT2D eigenvalue weighted by atomic mass is 16.6. The summed E-state index contributed by atoms with van der Waals surface area (Å²) in [6.07, 6.45) is 7.12. The highest BCUT2D eigenvalue weighted by Gasteiger charge is 2.40. The summed E-state index contributed by atoms with van der Waals surface area (Å²) in [5, 5.41) is 26.6. The smallest absolute Gasteiger partial charge is 0.407 e. The zero-order valence-corrected chi connectivity index (χ0v) is 17.0. The number of H-pyrrole nitrogens is 1. The number of carbonyl (C=O) groups is 2. The molecule has 2 aliphatic rings. The van der Waals surface area contributed by atoms with Crippen molar-refractivity contribution in [1.82, 2.24) is 30.1 Å². The molecule has 0 bridgehead atoms. The monoisotopic (exact) mass is 425 g/mol. The molecule has 162 valence electrons. The van der Waals surface area contributed by atoms with Gasteiger partial charge < -0.3 is 20.5 Å². The van der Waals surface area contributed by atoms with Crippen LogP contribution in [-0.4, -0.2) is 53.6 Å². The molecular formula is C20H23N7O4. The molecule has 0 saturated heterocycles. The molecule has 0 aromatic carbocycles. The Morgan fingerprint density at radius 1 is 1.32 bits per heavy atom. The second kappa shape index (κ2) is 7.25. The SMILES string of the molecule is CC1(NC(=O)O[C@@H]2CC[C@H](c3cc(Nc4nccn5nc(C(=O)O)cc45)n[nH]3)C2)CC1. The number of carboxylic acid groups (broad SMARTS) is 1. The third kappa shape index (κ3) is 4.03. The van der Waals surface area contributed by atoms with E-state index in [0.717, 1.165) is 37.8 Å². The molecule has 0 unspecified atom stereocenters. The number of aromatic nitrogens is 5. The number of nitrogens with one attached hydrogen (secondary N) is 3. The Morgan fingerprint density at radius 3 is 2.94 bits per heavy atom. The fraction of sp³-hybridized carbons (Fsp3) is 0.450. The van der Waals surface area contributed by atoms with Crippen molar-refractivity contribution in [3.8, 4) is 0 Å². The largest absolute Gasteiger partial charge is 0.476 e. The van der Waals surface area contributed by atoms with Gasteiger partial charge >= 0.3 is 12.1 Å². The van der Waals surface area contributed by atoms with E-state index in [2.05, 4.69) is 30.9 Å². The van der Waals surface area contributed by atoms with Crippen molar-refractivity contribution < 1.29 is 19.4 Å². The zero-order valence-electron chi connectivity index (χ0n) is 17.0. The molecule has 2 aliphatic carbocycles. The predicted molar refractivity (Wildman–Crippen MR) is 109 cm³/mol. The molecule has 11 nitrogen and oxygen atoms in total. The van der Waals surface area contributed by atoms with Crippen LogP contribution in [-0.2, 0) is 4.74 Å². The first kappa shape index (κ1) is 19.3. The molecule has 4 N–H and O–H groups in total. The first-order chi connectivity index (χ1) is 14.9. The number of rotatable bonds is 6. The van der Waals surface area contributed by atoms with E-state index in [1.54, 1.807) is 6.20 Å². The molecule has 2 saturated carbocycles. The molecule has 3 aromatic rings. The molecule has 3 aromatic heterocycles. The number of alkyl carbamates (subject to hydrolysis) is 1. The minimum Gasteiger partial charge on any atom is -0.476 e. The first-order valence-electron chi connectivity index (χ1n) is 10.3. The fourth-order valence-corrected chi connectivity index (χ4v) is 3.92. The van der Waals surface area contributed by atoms with E-state index in [1.165, 1.54) is 16.8 Å². The van der Waals surface area contributed by atoms with Gasteiger partial charge in [-0.15, -0.1) is 0 Å². The van der Waals surface area contributed by atoms with Crippen LogP contribution in [0.25, 0.3) is 5.52 Å². The number of ether oxygens (including phenoxy) is 1. The van der Waals surface area contributed by atoms with Crippen LogP contribution in [0.3, 0.4) is 0 Å². The van der Waals surface area contributed by atoms with Gasteiger partial charge in [0.05, 0.1) is 0 Å². The maximum atomic E-state index is 12.0. The van der Waals surface area contributed by atoms with Crippen LogP contribution in [0, 0.1) is 0 Å². The van der Waals surface area contributed by atoms with Gasteiger partial charge in [0.1, 0.15) is 11.6 Å². The fourth-order valence-electron chi connectivity index (χ4n) is 3.92. The van der Waals surface area contributed by atoms with E-state index in [0.29, 0.717) is 17.2 Å². The number of aromatic carboxylic acids is 1. The molecule has 31 heavy (non-hydrogen) atoms. The lowest BCUT2D eigenvalue weighted by molar-refractivity contribution is 0.0689. The molecule has 2 atom stereocenters. The molecule has 0 radical (unpaired) electrons. The van der Waals surface area contributed by atoms with Crippen LogP contribution >= 0.6 is 0 Å². The number of hydrogen-bond acceptors (Lipinski definition) is 7. The van der Waals surface area contributed by atoms with E-state index in [1.807, 2.05) is 13.0 Å². The Balaban J connectivity index is 1.23. The summed E-state index contributed by atoms with van der Waals surface area (Å²) in [4.78, 5) is 27.5. The highest BCUT2D eigenvalue weighted by Crippen LogP contribution is 2.37. The number of aromatic amines is 1. The van der Waals surface area contributed by atoms with Gasteiger partial charge in [0.25, 0.3) is 0 Å². The van der Waals surface area contributed by atoms with Crippen LogP contribution in [0.15, 0.2) is 24.5 Å². The topological polar surface area (TPSA) is 147 Å². The van der Waals surface area contributed by atoms with E-state index in [-0.39, 0.29) is 29.3 Å². The lowest BCUT2D eigenvalue weighted by Gasteiger charge is -2.16. The number of amides is 1. The Morgan fingerprint density at radius 2 is 2.16 bits per heavy atom. The molecule has 11 heteroatoms. The van der Waals surface area contributed by atoms with Gasteiger partial charge in [0.15, 0.2) is 17.3 Å². The summed E-state index contributed by atoms with van der Waals surface area (Å²) in [5.74, 6) is 0.139. The Labute approximate surface area is 177 Å². The zero-order chi connectivity index (χ0) is 21.6. The minimum atomic E-state index is -1.10. The predicted octanol–water partition coefficient (Wildman–Crippen LogP) is 2.81. The number of hydrogen-bond donors (Lipinski definition) is 4. The first-order valence-corrected chi connectivity index (χ1v) is 10.3. The summed E-state index contributed by atoms with van der Waals surface area (Å²) < 4.78 is 7.04. The standard InChI is InChI=1S/C20H23N7O4/c1-20(4-5-20)23-19(30)31-12-3-2-11(8-12)13-10-16(25-24-13)22-17-15-9-14(18(28)29)26-27(15)7-6-21-17/h6-7,9-12H,2-5,8H2,1H3,(H,23,30)(H,28,29)(H2,21,22,24,25)/t11-,12+/m0/s1. The van der Waals surface area contributed by atoms with Gasteiger partial charge in [0, 0.05) is 41.7 Å². The average molecular weight is 425 g/mol. The van der Waals surface area contributed by atoms with Crippen LogP contribution in [0.1, 0.15) is 61.1 Å². The summed E-state index contributed by atoms with van der Waals surface area (Å²) in [6.45, 7) is 2.02. The molecule has 5 rings (SSSR count). The summed E-state index contributed by atoms with van der Waals surface area (Å²) in [5.41, 5.74) is 1.34. The molecular weight excluding hydrogens is 402 g/mol. The Bertz CT molecular complexity index is 1150. The highest BCUT2D eigenvalue weighted by molar-refractivity contribution is 5.88. The van der Waals surface area contributed by atoms with Gasteiger partial charge in [-0.1, -0.05) is 0 Å². The van der Waals surface area contributed by atoms with Gasteiger partial charge in [-0.2, -0.15) is 10.2 Å². The van der Waals surface area contributed by atoms with Crippen molar-refractivity contribution >= 4 is 29.2 Å². The van der Waals surface area contributed by atoms with Crippen LogP contribution in [0.2, 0.25) is 0 Å². The van der Waals surface area contributed by atoms with Crippen LogP contribution in [0.5, 0.6) is 0 Å². The second-order valence-corrected chi connectivity index (χ2v) is 8.50. The van der Waals surface area contributed by atoms with E-state index >= 15 is 0 Å². The van der Waals surface area contributed by atoms with Crippen LogP contribution < -0.4 is 10.6 Å². The molecule has 0 spiro atoms. The minimum absolute atomic E-state index is 0.0597. The molecule has 1 amide bonds. The lowest BCUT2D eigenvalue weighted by atomic mass is 10.0. The number of nitrogens with zero attached hydrogens (tertiary/aromatic N) is 4. The summed E-state index contributed by atoms with van der Waals surface area (Å²) in [7, 11) is 0. The molecule has 2 fully saturated rings. The maximum Gasteiger partial charge on any atom is 0.407 e. The summed E-state index contributed by atoms with van der Waals surface area (Å²) >= 11 is 0. The Kier molecular flexibility index (Phi) is 4.53. The summed E-state index contributed by atoms with van der Waals surface area (Å²) in [6, 6.07) is 3.36. The van der Waals surface area contributed by atoms with Crippen LogP contribution in [0.4, 0.5) is 16.4 Å². The third-order valence-electron chi connectivity index (χ3n) is 5.95. The second-order valence-electron chi connectivity index (χ2n) is 8.50. The quantitative estimate of drug-likeness (QED) is 0.471. The van der Waals surface area contributed by atoms with Gasteiger partial charge in [-0.05, 0) is 39.0 Å². The number of carboxylic acids is 1. The number of carbonyl (C=O) groups excluding carboxylic acids is 1.